The summed E-state index contributed by atoms with van der Waals surface area (Å²) >= 11 is 2.89. The first kappa shape index (κ1) is 9.27. The number of hydrogen-bond acceptors (Lipinski definition) is 0. The largest absolute Gasteiger partial charge is 0.390 e. The van der Waals surface area contributed by atoms with E-state index >= 15 is 0 Å². The van der Waals surface area contributed by atoms with Crippen molar-refractivity contribution < 1.29 is 13.2 Å². The van der Waals surface area contributed by atoms with E-state index in [1.165, 1.54) is 13.8 Å². The molecule has 0 aromatic rings. The highest BCUT2D eigenvalue weighted by molar-refractivity contribution is 9.10. The van der Waals surface area contributed by atoms with Crippen LogP contribution in [-0.4, -0.2) is 10.5 Å². The van der Waals surface area contributed by atoms with E-state index < -0.39 is 16.9 Å². The zero-order valence-electron chi connectivity index (χ0n) is 5.22. The maximum absolute atomic E-state index is 11.5. The third-order valence-electron chi connectivity index (χ3n) is 0.621. The van der Waals surface area contributed by atoms with E-state index in [-0.39, 0.29) is 0 Å². The highest BCUT2D eigenvalue weighted by Gasteiger charge is 2.34. The minimum atomic E-state index is -4.06. The lowest BCUT2D eigenvalue weighted by Gasteiger charge is -2.17. The Morgan fingerprint density at radius 3 is 1.56 bits per heavy atom. The molecule has 0 aliphatic heterocycles. The van der Waals surface area contributed by atoms with Gasteiger partial charge in [-0.15, -0.1) is 0 Å². The van der Waals surface area contributed by atoms with Crippen molar-refractivity contribution in [1.29, 1.82) is 0 Å². The van der Waals surface area contributed by atoms with Gasteiger partial charge in [-0.2, -0.15) is 13.2 Å². The molecule has 0 fully saturated rings. The molecular weight excluding hydrogens is 197 g/mol. The summed E-state index contributed by atoms with van der Waals surface area (Å²) < 4.78 is 33.7. The van der Waals surface area contributed by atoms with E-state index in [1.807, 2.05) is 0 Å². The molecule has 0 aliphatic rings. The minimum Gasteiger partial charge on any atom is -0.171 e. The summed E-state index contributed by atoms with van der Waals surface area (Å²) in [6, 6.07) is 0. The zero-order chi connectivity index (χ0) is 7.71. The fourth-order valence-corrected chi connectivity index (χ4v) is 0.795. The highest BCUT2D eigenvalue weighted by Crippen LogP contribution is 2.32. The molecular formula is C5H8BrF3. The zero-order valence-corrected chi connectivity index (χ0v) is 6.80. The van der Waals surface area contributed by atoms with Crippen molar-refractivity contribution in [2.75, 3.05) is 0 Å². The van der Waals surface area contributed by atoms with E-state index in [2.05, 4.69) is 15.9 Å². The monoisotopic (exact) mass is 204 g/mol. The van der Waals surface area contributed by atoms with Crippen LogP contribution >= 0.6 is 15.9 Å². The van der Waals surface area contributed by atoms with Gasteiger partial charge in [-0.3, -0.25) is 0 Å². The molecule has 0 spiro atoms. The molecule has 0 N–H and O–H groups in total. The molecule has 0 nitrogen and oxygen atoms in total. The first-order valence-corrected chi connectivity index (χ1v) is 3.26. The lowest BCUT2D eigenvalue weighted by molar-refractivity contribution is -0.138. The first-order valence-electron chi connectivity index (χ1n) is 2.46. The topological polar surface area (TPSA) is 0 Å². The molecule has 0 saturated carbocycles. The van der Waals surface area contributed by atoms with Crippen LogP contribution in [0.25, 0.3) is 0 Å². The van der Waals surface area contributed by atoms with Gasteiger partial charge < -0.3 is 0 Å². The minimum absolute atomic E-state index is 0.792. The van der Waals surface area contributed by atoms with Gasteiger partial charge in [0, 0.05) is 4.32 Å². The second kappa shape index (κ2) is 2.48. The maximum atomic E-state index is 11.5. The predicted octanol–water partition coefficient (Wildman–Crippen LogP) is 3.11. The summed E-state index contributed by atoms with van der Waals surface area (Å²) in [7, 11) is 0. The van der Waals surface area contributed by atoms with Gasteiger partial charge in [0.25, 0.3) is 0 Å². The Balaban J connectivity index is 3.75. The molecule has 56 valence electrons. The first-order chi connectivity index (χ1) is 3.71. The molecule has 0 saturated heterocycles. The average Bonchev–Trinajstić information content (AvgIpc) is 1.14. The number of hydrogen-bond donors (Lipinski definition) is 0. The Hall–Kier alpha value is 0.270. The van der Waals surface area contributed by atoms with E-state index in [0.717, 1.165) is 0 Å². The number of halogens is 4. The van der Waals surface area contributed by atoms with Crippen LogP contribution < -0.4 is 0 Å². The Labute approximate surface area is 60.6 Å². The summed E-state index contributed by atoms with van der Waals surface area (Å²) in [4.78, 5) is 0. The van der Waals surface area contributed by atoms with Crippen LogP contribution in [0.15, 0.2) is 0 Å². The Kier molecular flexibility index (Phi) is 2.56. The Morgan fingerprint density at radius 1 is 1.22 bits per heavy atom. The fraction of sp³-hybridized carbons (Fsp3) is 1.00. The maximum Gasteiger partial charge on any atom is 0.390 e. The van der Waals surface area contributed by atoms with Crippen LogP contribution in [0.5, 0.6) is 0 Å². The fourth-order valence-electron chi connectivity index (χ4n) is 0.477. The summed E-state index contributed by atoms with van der Waals surface area (Å²) in [6.45, 7) is 2.97. The molecule has 0 unspecified atom stereocenters. The molecule has 0 amide bonds. The van der Waals surface area contributed by atoms with E-state index in [9.17, 15) is 13.2 Å². The van der Waals surface area contributed by atoms with E-state index in [4.69, 9.17) is 0 Å². The molecule has 0 rings (SSSR count). The summed E-state index contributed by atoms with van der Waals surface area (Å²) in [5.74, 6) is 0. The molecule has 0 aromatic heterocycles. The van der Waals surface area contributed by atoms with Crippen LogP contribution in [0.4, 0.5) is 13.2 Å². The average molecular weight is 205 g/mol. The van der Waals surface area contributed by atoms with Gasteiger partial charge >= 0.3 is 6.18 Å². The molecule has 0 heterocycles. The molecule has 0 aromatic carbocycles. The number of alkyl halides is 4. The van der Waals surface area contributed by atoms with Gasteiger partial charge in [-0.1, -0.05) is 15.9 Å². The SMILES string of the molecule is CC(C)(Br)CC(F)(F)F. The van der Waals surface area contributed by atoms with Crippen molar-refractivity contribution in [1.82, 2.24) is 0 Å². The van der Waals surface area contributed by atoms with Crippen molar-refractivity contribution in [3.63, 3.8) is 0 Å². The quantitative estimate of drug-likeness (QED) is 0.577. The third-order valence-corrected chi connectivity index (χ3v) is 0.901. The van der Waals surface area contributed by atoms with Crippen molar-refractivity contribution in [3.05, 3.63) is 0 Å². The molecule has 4 heteroatoms. The van der Waals surface area contributed by atoms with Crippen LogP contribution in [0.1, 0.15) is 20.3 Å². The third kappa shape index (κ3) is 8.27. The second-order valence-corrected chi connectivity index (χ2v) is 4.66. The van der Waals surface area contributed by atoms with Crippen molar-refractivity contribution in [2.24, 2.45) is 0 Å². The van der Waals surface area contributed by atoms with Gasteiger partial charge in [0.05, 0.1) is 6.42 Å². The van der Waals surface area contributed by atoms with Gasteiger partial charge in [-0.05, 0) is 13.8 Å². The Morgan fingerprint density at radius 2 is 1.56 bits per heavy atom. The summed E-state index contributed by atoms with van der Waals surface area (Å²) in [5, 5.41) is 0. The molecule has 9 heavy (non-hydrogen) atoms. The lowest BCUT2D eigenvalue weighted by atomic mass is 10.1. The molecule has 0 atom stereocenters. The van der Waals surface area contributed by atoms with E-state index in [1.54, 1.807) is 0 Å². The molecule has 0 radical (unpaired) electrons. The summed E-state index contributed by atoms with van der Waals surface area (Å²) in [6.07, 6.45) is -4.85. The van der Waals surface area contributed by atoms with Crippen LogP contribution in [-0.2, 0) is 0 Å². The van der Waals surface area contributed by atoms with Crippen LogP contribution in [0.2, 0.25) is 0 Å². The highest BCUT2D eigenvalue weighted by atomic mass is 79.9. The summed E-state index contributed by atoms with van der Waals surface area (Å²) in [5.41, 5.74) is 0. The molecule has 0 aliphatic carbocycles. The van der Waals surface area contributed by atoms with E-state index in [0.29, 0.717) is 0 Å². The van der Waals surface area contributed by atoms with Crippen molar-refractivity contribution in [3.8, 4) is 0 Å². The van der Waals surface area contributed by atoms with Gasteiger partial charge in [0.1, 0.15) is 0 Å². The van der Waals surface area contributed by atoms with Gasteiger partial charge in [0.15, 0.2) is 0 Å². The smallest absolute Gasteiger partial charge is 0.171 e. The number of rotatable bonds is 1. The standard InChI is InChI=1S/C5H8BrF3/c1-4(2,6)3-5(7,8)9/h3H2,1-2H3. The Bertz CT molecular complexity index is 77.4. The normalized spacial score (nSPS) is 14.0. The van der Waals surface area contributed by atoms with Crippen LogP contribution in [0.3, 0.4) is 0 Å². The second-order valence-electron chi connectivity index (χ2n) is 2.51. The molecule has 0 bridgehead atoms. The van der Waals surface area contributed by atoms with Crippen LogP contribution in [0, 0.1) is 0 Å². The predicted molar refractivity (Wildman–Crippen MR) is 33.7 cm³/mol. The van der Waals surface area contributed by atoms with Crippen molar-refractivity contribution >= 4 is 15.9 Å². The van der Waals surface area contributed by atoms with Gasteiger partial charge in [0.2, 0.25) is 0 Å². The lowest BCUT2D eigenvalue weighted by Crippen LogP contribution is -2.21. The van der Waals surface area contributed by atoms with Gasteiger partial charge in [-0.25, -0.2) is 0 Å². The van der Waals surface area contributed by atoms with Crippen molar-refractivity contribution in [2.45, 2.75) is 30.8 Å².